The standard InChI is InChI=1S/C34H43NO4/c1-6-30(31(36)25-11-17-26(18-12-25)33(4,5)32(37)38)35-21-19-29(20-22-35)34(39,27-13-7-23(2)8-14-27)28-15-9-24(3)10-16-28/h7-18,29-31,36,39H,6,19-22H2,1-5H3,(H,37,38). The molecule has 0 radical (unpaired) electrons. The maximum atomic E-state index is 12.4. The van der Waals surface area contributed by atoms with Gasteiger partial charge in [0, 0.05) is 6.04 Å². The Morgan fingerprint density at radius 3 is 1.69 bits per heavy atom. The van der Waals surface area contributed by atoms with Crippen molar-refractivity contribution in [3.8, 4) is 0 Å². The van der Waals surface area contributed by atoms with Crippen molar-refractivity contribution in [2.75, 3.05) is 13.1 Å². The number of rotatable bonds is 9. The van der Waals surface area contributed by atoms with E-state index >= 15 is 0 Å². The molecule has 0 saturated carbocycles. The Balaban J connectivity index is 1.52. The molecule has 1 aliphatic rings. The zero-order chi connectivity index (χ0) is 28.4. The molecule has 1 fully saturated rings. The van der Waals surface area contributed by atoms with Gasteiger partial charge in [0.2, 0.25) is 0 Å². The molecule has 0 aromatic heterocycles. The zero-order valence-electron chi connectivity index (χ0n) is 23.9. The van der Waals surface area contributed by atoms with Crippen molar-refractivity contribution < 1.29 is 20.1 Å². The number of hydrogen-bond donors (Lipinski definition) is 3. The van der Waals surface area contributed by atoms with Gasteiger partial charge >= 0.3 is 5.97 Å². The Morgan fingerprint density at radius 1 is 0.846 bits per heavy atom. The van der Waals surface area contributed by atoms with Gasteiger partial charge in [0.25, 0.3) is 0 Å². The first-order chi connectivity index (χ1) is 18.5. The summed E-state index contributed by atoms with van der Waals surface area (Å²) < 4.78 is 0. The highest BCUT2D eigenvalue weighted by Gasteiger charge is 2.43. The van der Waals surface area contributed by atoms with Crippen LogP contribution in [-0.4, -0.2) is 45.3 Å². The number of aryl methyl sites for hydroxylation is 2. The molecule has 2 atom stereocenters. The first-order valence-corrected chi connectivity index (χ1v) is 14.1. The summed E-state index contributed by atoms with van der Waals surface area (Å²) in [5.41, 5.74) is 3.62. The maximum absolute atomic E-state index is 12.4. The van der Waals surface area contributed by atoms with Crippen molar-refractivity contribution in [1.29, 1.82) is 0 Å². The molecule has 4 rings (SSSR count). The van der Waals surface area contributed by atoms with Gasteiger partial charge in [-0.15, -0.1) is 0 Å². The van der Waals surface area contributed by atoms with Crippen molar-refractivity contribution in [2.24, 2.45) is 5.92 Å². The molecule has 1 aliphatic heterocycles. The average Bonchev–Trinajstić information content (AvgIpc) is 2.94. The quantitative estimate of drug-likeness (QED) is 0.311. The number of carboxylic acids is 1. The molecule has 3 aromatic rings. The number of benzene rings is 3. The van der Waals surface area contributed by atoms with E-state index in [0.29, 0.717) is 5.56 Å². The van der Waals surface area contributed by atoms with Crippen molar-refractivity contribution in [2.45, 2.75) is 77.0 Å². The van der Waals surface area contributed by atoms with Crippen molar-refractivity contribution in [3.05, 3.63) is 106 Å². The molecule has 5 nitrogen and oxygen atoms in total. The summed E-state index contributed by atoms with van der Waals surface area (Å²) in [6, 6.07) is 23.7. The maximum Gasteiger partial charge on any atom is 0.313 e. The Morgan fingerprint density at radius 2 is 1.28 bits per heavy atom. The number of nitrogens with zero attached hydrogens (tertiary/aromatic N) is 1. The molecule has 39 heavy (non-hydrogen) atoms. The van der Waals surface area contributed by atoms with Gasteiger partial charge in [-0.1, -0.05) is 90.8 Å². The van der Waals surface area contributed by atoms with Crippen molar-refractivity contribution >= 4 is 5.97 Å². The summed E-state index contributed by atoms with van der Waals surface area (Å²) in [4.78, 5) is 14.0. The van der Waals surface area contributed by atoms with Gasteiger partial charge in [0.05, 0.1) is 11.5 Å². The third-order valence-corrected chi connectivity index (χ3v) is 8.86. The monoisotopic (exact) mass is 529 g/mol. The average molecular weight is 530 g/mol. The molecular formula is C34H43NO4. The minimum Gasteiger partial charge on any atom is -0.481 e. The van der Waals surface area contributed by atoms with Gasteiger partial charge in [0.1, 0.15) is 5.60 Å². The number of carbonyl (C=O) groups is 1. The molecule has 208 valence electrons. The van der Waals surface area contributed by atoms with E-state index in [1.807, 2.05) is 24.3 Å². The SMILES string of the molecule is CCC(C(O)c1ccc(C(C)(C)C(=O)O)cc1)N1CCC(C(O)(c2ccc(C)cc2)c2ccc(C)cc2)CC1. The van der Waals surface area contributed by atoms with E-state index in [2.05, 4.69) is 74.2 Å². The lowest BCUT2D eigenvalue weighted by Gasteiger charge is -2.45. The van der Waals surface area contributed by atoms with Crippen LogP contribution in [0.1, 0.15) is 79.5 Å². The van der Waals surface area contributed by atoms with Crippen LogP contribution in [0.3, 0.4) is 0 Å². The molecule has 0 amide bonds. The second-order valence-electron chi connectivity index (χ2n) is 11.8. The van der Waals surface area contributed by atoms with Crippen LogP contribution in [0.15, 0.2) is 72.8 Å². The molecule has 0 bridgehead atoms. The number of aliphatic hydroxyl groups is 2. The lowest BCUT2D eigenvalue weighted by molar-refractivity contribution is -0.142. The first kappa shape index (κ1) is 29.0. The Labute approximate surface area is 233 Å². The first-order valence-electron chi connectivity index (χ1n) is 14.1. The fourth-order valence-corrected chi connectivity index (χ4v) is 6.03. The van der Waals surface area contributed by atoms with Gasteiger partial charge in [-0.05, 0) is 88.2 Å². The number of hydrogen-bond acceptors (Lipinski definition) is 4. The third kappa shape index (κ3) is 5.81. The Hall–Kier alpha value is -2.99. The number of aliphatic carboxylic acids is 1. The summed E-state index contributed by atoms with van der Waals surface area (Å²) in [5.74, 6) is -0.826. The molecule has 3 aromatic carbocycles. The summed E-state index contributed by atoms with van der Waals surface area (Å²) >= 11 is 0. The number of likely N-dealkylation sites (tertiary alicyclic amines) is 1. The fourth-order valence-electron chi connectivity index (χ4n) is 6.03. The van der Waals surface area contributed by atoms with E-state index in [4.69, 9.17) is 0 Å². The highest BCUT2D eigenvalue weighted by Crippen LogP contribution is 2.43. The third-order valence-electron chi connectivity index (χ3n) is 8.86. The van der Waals surface area contributed by atoms with Gasteiger partial charge in [-0.2, -0.15) is 0 Å². The van der Waals surface area contributed by atoms with Crippen molar-refractivity contribution in [1.82, 2.24) is 4.90 Å². The van der Waals surface area contributed by atoms with Crippen LogP contribution in [0.5, 0.6) is 0 Å². The van der Waals surface area contributed by atoms with Crippen LogP contribution in [0, 0.1) is 19.8 Å². The van der Waals surface area contributed by atoms with E-state index in [9.17, 15) is 20.1 Å². The Kier molecular flexibility index (Phi) is 8.65. The molecule has 1 heterocycles. The fraction of sp³-hybridized carbons (Fsp3) is 0.441. The van der Waals surface area contributed by atoms with E-state index in [1.165, 1.54) is 11.1 Å². The highest BCUT2D eigenvalue weighted by molar-refractivity contribution is 5.80. The molecule has 3 N–H and O–H groups in total. The molecule has 2 unspecified atom stereocenters. The Bertz CT molecular complexity index is 1190. The highest BCUT2D eigenvalue weighted by atomic mass is 16.4. The van der Waals surface area contributed by atoms with Gasteiger partial charge < -0.3 is 15.3 Å². The molecule has 0 spiro atoms. The molecular weight excluding hydrogens is 486 g/mol. The van der Waals surface area contributed by atoms with Crippen LogP contribution < -0.4 is 0 Å². The lowest BCUT2D eigenvalue weighted by atomic mass is 9.71. The van der Waals surface area contributed by atoms with E-state index in [-0.39, 0.29) is 12.0 Å². The molecule has 1 saturated heterocycles. The smallest absolute Gasteiger partial charge is 0.313 e. The largest absolute Gasteiger partial charge is 0.481 e. The topological polar surface area (TPSA) is 81.0 Å². The zero-order valence-corrected chi connectivity index (χ0v) is 23.9. The molecule has 5 heteroatoms. The summed E-state index contributed by atoms with van der Waals surface area (Å²) in [7, 11) is 0. The van der Waals surface area contributed by atoms with Crippen LogP contribution in [0.4, 0.5) is 0 Å². The van der Waals surface area contributed by atoms with Gasteiger partial charge in [-0.25, -0.2) is 0 Å². The normalized spacial score (nSPS) is 17.1. The second-order valence-corrected chi connectivity index (χ2v) is 11.8. The number of aliphatic hydroxyl groups excluding tert-OH is 1. The van der Waals surface area contributed by atoms with Gasteiger partial charge in [0.15, 0.2) is 0 Å². The number of carboxylic acid groups (broad SMARTS) is 1. The minimum absolute atomic E-state index is 0.0475. The second kappa shape index (κ2) is 11.6. The lowest BCUT2D eigenvalue weighted by Crippen LogP contribution is -2.48. The summed E-state index contributed by atoms with van der Waals surface area (Å²) in [6.07, 6.45) is 1.73. The van der Waals surface area contributed by atoms with E-state index in [1.54, 1.807) is 13.8 Å². The van der Waals surface area contributed by atoms with Crippen LogP contribution in [-0.2, 0) is 15.8 Å². The number of piperidine rings is 1. The molecule has 0 aliphatic carbocycles. The predicted molar refractivity (Wildman–Crippen MR) is 156 cm³/mol. The predicted octanol–water partition coefficient (Wildman–Crippen LogP) is 6.13. The van der Waals surface area contributed by atoms with E-state index < -0.39 is 23.1 Å². The van der Waals surface area contributed by atoms with Gasteiger partial charge in [-0.3, -0.25) is 9.69 Å². The van der Waals surface area contributed by atoms with Crippen molar-refractivity contribution in [3.63, 3.8) is 0 Å². The van der Waals surface area contributed by atoms with E-state index in [0.717, 1.165) is 49.0 Å². The summed E-state index contributed by atoms with van der Waals surface area (Å²) in [5, 5.41) is 33.3. The summed E-state index contributed by atoms with van der Waals surface area (Å²) in [6.45, 7) is 11.2. The van der Waals surface area contributed by atoms with Crippen LogP contribution in [0.25, 0.3) is 0 Å². The van der Waals surface area contributed by atoms with Crippen LogP contribution in [0.2, 0.25) is 0 Å². The minimum atomic E-state index is -1.08. The van der Waals surface area contributed by atoms with Crippen LogP contribution >= 0.6 is 0 Å².